The van der Waals surface area contributed by atoms with Crippen LogP contribution in [0.3, 0.4) is 0 Å². The monoisotopic (exact) mass is 242 g/mol. The lowest BCUT2D eigenvalue weighted by atomic mass is 10.0. The first-order valence-electron chi connectivity index (χ1n) is 5.77. The van der Waals surface area contributed by atoms with Gasteiger partial charge < -0.3 is 0 Å². The van der Waals surface area contributed by atoms with Crippen LogP contribution in [0.1, 0.15) is 30.2 Å². The summed E-state index contributed by atoms with van der Waals surface area (Å²) in [5, 5.41) is -0.356. The van der Waals surface area contributed by atoms with Crippen molar-refractivity contribution in [3.05, 3.63) is 35.4 Å². The average molecular weight is 243 g/mol. The second-order valence-electron chi connectivity index (χ2n) is 4.90. The molecule has 0 heterocycles. The van der Waals surface area contributed by atoms with Gasteiger partial charge in [0.15, 0.2) is 0 Å². The number of alkyl halides is 1. The Hall–Kier alpha value is -0.630. The summed E-state index contributed by atoms with van der Waals surface area (Å²) in [6.07, 6.45) is 3.67. The first-order chi connectivity index (χ1) is 7.68. The Morgan fingerprint density at radius 2 is 1.88 bits per heavy atom. The molecule has 0 spiro atoms. The molecule has 1 aromatic carbocycles. The number of benzene rings is 1. The maximum Gasteiger partial charge on any atom is 0.128 e. The highest BCUT2D eigenvalue weighted by Gasteiger charge is 2.56. The summed E-state index contributed by atoms with van der Waals surface area (Å²) < 4.78 is 26.6. The standard InChI is InChI=1S/C13H13ClF2/c14-13(12-8-2-1-3-9(8)12)10-6-7(15)4-5-11(10)16/h4-6,8-9,12-13H,1-3H2. The van der Waals surface area contributed by atoms with Crippen LogP contribution in [0.2, 0.25) is 0 Å². The molecule has 0 aliphatic heterocycles. The Bertz CT molecular complexity index is 408. The van der Waals surface area contributed by atoms with E-state index in [9.17, 15) is 8.78 Å². The van der Waals surface area contributed by atoms with Crippen LogP contribution in [0.5, 0.6) is 0 Å². The van der Waals surface area contributed by atoms with E-state index in [4.69, 9.17) is 11.6 Å². The minimum absolute atomic E-state index is 0.334. The minimum Gasteiger partial charge on any atom is -0.207 e. The quantitative estimate of drug-likeness (QED) is 0.679. The Labute approximate surface area is 98.6 Å². The van der Waals surface area contributed by atoms with E-state index in [1.165, 1.54) is 25.3 Å². The fraction of sp³-hybridized carbons (Fsp3) is 0.538. The molecule has 16 heavy (non-hydrogen) atoms. The Morgan fingerprint density at radius 1 is 1.19 bits per heavy atom. The average Bonchev–Trinajstić information content (AvgIpc) is 2.74. The lowest BCUT2D eigenvalue weighted by Crippen LogP contribution is -2.02. The molecule has 0 saturated heterocycles. The van der Waals surface area contributed by atoms with Crippen molar-refractivity contribution in [1.82, 2.24) is 0 Å². The predicted octanol–water partition coefficient (Wildman–Crippen LogP) is 4.29. The summed E-state index contributed by atoms with van der Waals surface area (Å²) >= 11 is 6.28. The normalized spacial score (nSPS) is 33.6. The van der Waals surface area contributed by atoms with Crippen molar-refractivity contribution < 1.29 is 8.78 Å². The molecule has 3 atom stereocenters. The van der Waals surface area contributed by atoms with Gasteiger partial charge in [0.2, 0.25) is 0 Å². The molecule has 3 heteroatoms. The summed E-state index contributed by atoms with van der Waals surface area (Å²) in [6.45, 7) is 0. The zero-order chi connectivity index (χ0) is 11.3. The molecule has 3 unspecified atom stereocenters. The second kappa shape index (κ2) is 3.69. The highest BCUT2D eigenvalue weighted by atomic mass is 35.5. The Morgan fingerprint density at radius 3 is 2.56 bits per heavy atom. The third kappa shape index (κ3) is 1.55. The molecule has 2 fully saturated rings. The van der Waals surface area contributed by atoms with Gasteiger partial charge in [-0.3, -0.25) is 0 Å². The van der Waals surface area contributed by atoms with Crippen molar-refractivity contribution in [2.24, 2.45) is 17.8 Å². The number of fused-ring (bicyclic) bond motifs is 1. The molecule has 0 amide bonds. The van der Waals surface area contributed by atoms with Gasteiger partial charge in [0.25, 0.3) is 0 Å². The van der Waals surface area contributed by atoms with Gasteiger partial charge in [0, 0.05) is 5.56 Å². The number of hydrogen-bond donors (Lipinski definition) is 0. The zero-order valence-electron chi connectivity index (χ0n) is 8.80. The van der Waals surface area contributed by atoms with Crippen LogP contribution in [0.4, 0.5) is 8.78 Å². The van der Waals surface area contributed by atoms with Gasteiger partial charge in [0.05, 0.1) is 5.38 Å². The molecular formula is C13H13ClF2. The van der Waals surface area contributed by atoms with Crippen LogP contribution in [0.15, 0.2) is 18.2 Å². The summed E-state index contributed by atoms with van der Waals surface area (Å²) in [7, 11) is 0. The Kier molecular flexibility index (Phi) is 2.43. The molecule has 0 N–H and O–H groups in total. The molecule has 2 saturated carbocycles. The van der Waals surface area contributed by atoms with Crippen LogP contribution in [0.25, 0.3) is 0 Å². The van der Waals surface area contributed by atoms with Crippen LogP contribution in [-0.4, -0.2) is 0 Å². The highest BCUT2D eigenvalue weighted by molar-refractivity contribution is 6.21. The van der Waals surface area contributed by atoms with Crippen LogP contribution in [0, 0.1) is 29.4 Å². The first-order valence-corrected chi connectivity index (χ1v) is 6.21. The molecule has 2 aliphatic carbocycles. The lowest BCUT2D eigenvalue weighted by molar-refractivity contribution is 0.536. The summed E-state index contributed by atoms with van der Waals surface area (Å²) in [6, 6.07) is 3.54. The molecule has 0 radical (unpaired) electrons. The maximum absolute atomic E-state index is 13.5. The smallest absolute Gasteiger partial charge is 0.128 e. The molecule has 0 nitrogen and oxygen atoms in total. The molecular weight excluding hydrogens is 230 g/mol. The van der Waals surface area contributed by atoms with Gasteiger partial charge in [-0.05, 0) is 48.8 Å². The largest absolute Gasteiger partial charge is 0.207 e. The summed E-state index contributed by atoms with van der Waals surface area (Å²) in [5.41, 5.74) is 0.334. The molecule has 86 valence electrons. The lowest BCUT2D eigenvalue weighted by Gasteiger charge is -2.12. The van der Waals surface area contributed by atoms with Gasteiger partial charge in [-0.15, -0.1) is 11.6 Å². The van der Waals surface area contributed by atoms with Crippen LogP contribution < -0.4 is 0 Å². The van der Waals surface area contributed by atoms with E-state index < -0.39 is 5.82 Å². The third-order valence-electron chi connectivity index (χ3n) is 4.07. The molecule has 2 aliphatic rings. The van der Waals surface area contributed by atoms with E-state index in [0.717, 1.165) is 12.1 Å². The summed E-state index contributed by atoms with van der Waals surface area (Å²) in [5.74, 6) is 0.890. The van der Waals surface area contributed by atoms with Crippen molar-refractivity contribution >= 4 is 11.6 Å². The zero-order valence-corrected chi connectivity index (χ0v) is 9.55. The SMILES string of the molecule is Fc1ccc(F)c(C(Cl)C2C3CCCC32)c1. The second-order valence-corrected chi connectivity index (χ2v) is 5.37. The van der Waals surface area contributed by atoms with Crippen molar-refractivity contribution in [2.45, 2.75) is 24.6 Å². The number of rotatable bonds is 2. The fourth-order valence-electron chi connectivity index (χ4n) is 3.24. The summed E-state index contributed by atoms with van der Waals surface area (Å²) in [4.78, 5) is 0. The van der Waals surface area contributed by atoms with Gasteiger partial charge in [-0.25, -0.2) is 8.78 Å². The van der Waals surface area contributed by atoms with E-state index in [-0.39, 0.29) is 11.2 Å². The van der Waals surface area contributed by atoms with Crippen molar-refractivity contribution in [2.75, 3.05) is 0 Å². The van der Waals surface area contributed by atoms with Crippen LogP contribution >= 0.6 is 11.6 Å². The molecule has 3 rings (SSSR count). The van der Waals surface area contributed by atoms with Crippen molar-refractivity contribution in [3.63, 3.8) is 0 Å². The fourth-order valence-corrected chi connectivity index (χ4v) is 3.79. The van der Waals surface area contributed by atoms with Crippen LogP contribution in [-0.2, 0) is 0 Å². The van der Waals surface area contributed by atoms with E-state index in [1.807, 2.05) is 0 Å². The van der Waals surface area contributed by atoms with E-state index in [0.29, 0.717) is 23.3 Å². The van der Waals surface area contributed by atoms with E-state index in [1.54, 1.807) is 0 Å². The van der Waals surface area contributed by atoms with Gasteiger partial charge in [-0.1, -0.05) is 6.42 Å². The van der Waals surface area contributed by atoms with Gasteiger partial charge in [-0.2, -0.15) is 0 Å². The van der Waals surface area contributed by atoms with Crippen molar-refractivity contribution in [3.8, 4) is 0 Å². The highest BCUT2D eigenvalue weighted by Crippen LogP contribution is 2.64. The molecule has 0 aromatic heterocycles. The number of halogens is 3. The molecule has 0 bridgehead atoms. The molecule has 1 aromatic rings. The topological polar surface area (TPSA) is 0 Å². The first kappa shape index (κ1) is 10.5. The maximum atomic E-state index is 13.5. The minimum atomic E-state index is -0.409. The number of hydrogen-bond acceptors (Lipinski definition) is 0. The van der Waals surface area contributed by atoms with Gasteiger partial charge in [0.1, 0.15) is 11.6 Å². The Balaban J connectivity index is 1.84. The van der Waals surface area contributed by atoms with E-state index >= 15 is 0 Å². The third-order valence-corrected chi connectivity index (χ3v) is 4.59. The van der Waals surface area contributed by atoms with Crippen molar-refractivity contribution in [1.29, 1.82) is 0 Å². The van der Waals surface area contributed by atoms with Gasteiger partial charge >= 0.3 is 0 Å². The predicted molar refractivity (Wildman–Crippen MR) is 59.3 cm³/mol. The van der Waals surface area contributed by atoms with E-state index in [2.05, 4.69) is 0 Å².